The third-order valence-electron chi connectivity index (χ3n) is 5.35. The van der Waals surface area contributed by atoms with Crippen molar-refractivity contribution in [2.45, 2.75) is 25.3 Å². The van der Waals surface area contributed by atoms with Gasteiger partial charge in [-0.3, -0.25) is 4.79 Å². The van der Waals surface area contributed by atoms with Gasteiger partial charge in [0.25, 0.3) is 0 Å². The van der Waals surface area contributed by atoms with E-state index in [2.05, 4.69) is 15.3 Å². The molecule has 0 aliphatic carbocycles. The van der Waals surface area contributed by atoms with Crippen molar-refractivity contribution in [3.05, 3.63) is 47.7 Å². The number of rotatable bonds is 6. The van der Waals surface area contributed by atoms with Crippen LogP contribution >= 0.6 is 11.6 Å². The van der Waals surface area contributed by atoms with Crippen LogP contribution < -0.4 is 10.1 Å². The smallest absolute Gasteiger partial charge is 0.248 e. The van der Waals surface area contributed by atoms with E-state index in [1.54, 1.807) is 17.0 Å². The van der Waals surface area contributed by atoms with Crippen molar-refractivity contribution in [3.63, 3.8) is 0 Å². The van der Waals surface area contributed by atoms with Crippen LogP contribution in [0.4, 0.5) is 11.5 Å². The summed E-state index contributed by atoms with van der Waals surface area (Å²) >= 11 is 6.02. The van der Waals surface area contributed by atoms with Crippen LogP contribution in [-0.2, 0) is 4.79 Å². The number of likely N-dealkylation sites (tertiary alicyclic amines) is 1. The summed E-state index contributed by atoms with van der Waals surface area (Å²) in [6.45, 7) is 0.437. The second-order valence-electron chi connectivity index (χ2n) is 7.37. The van der Waals surface area contributed by atoms with Crippen LogP contribution in [0.3, 0.4) is 0 Å². The lowest BCUT2D eigenvalue weighted by Crippen LogP contribution is -2.47. The number of anilines is 2. The quantitative estimate of drug-likeness (QED) is 0.501. The second-order valence-corrected chi connectivity index (χ2v) is 7.78. The van der Waals surface area contributed by atoms with Crippen LogP contribution in [0.2, 0.25) is 5.02 Å². The Morgan fingerprint density at radius 1 is 1.26 bits per heavy atom. The fraction of sp³-hybridized carbons (Fsp3) is 0.318. The van der Waals surface area contributed by atoms with Crippen LogP contribution in [0.15, 0.2) is 42.7 Å². The van der Waals surface area contributed by atoms with Gasteiger partial charge in [-0.15, -0.1) is 0 Å². The molecule has 1 aliphatic rings. The number of aromatic nitrogens is 2. The summed E-state index contributed by atoms with van der Waals surface area (Å²) in [6.07, 6.45) is 4.22. The lowest BCUT2D eigenvalue weighted by atomic mass is 10.0. The zero-order valence-corrected chi connectivity index (χ0v) is 17.5. The van der Waals surface area contributed by atoms with Crippen molar-refractivity contribution >= 4 is 39.9 Å². The fourth-order valence-electron chi connectivity index (χ4n) is 3.79. The number of carbonyl (C=O) groups excluding carboxylic acids is 1. The normalized spacial score (nSPS) is 16.3. The van der Waals surface area contributed by atoms with Gasteiger partial charge in [0.1, 0.15) is 36.9 Å². The van der Waals surface area contributed by atoms with Gasteiger partial charge in [-0.25, -0.2) is 9.97 Å². The SMILES string of the molecule is O=C(CO)N1CCCC[C@H]1COc1cccc2ncnc(Nc3ccc(O)c(Cl)c3)c12. The van der Waals surface area contributed by atoms with E-state index < -0.39 is 6.61 Å². The van der Waals surface area contributed by atoms with Gasteiger partial charge in [-0.05, 0) is 49.6 Å². The Balaban J connectivity index is 1.60. The Morgan fingerprint density at radius 2 is 2.13 bits per heavy atom. The second kappa shape index (κ2) is 9.36. The molecule has 31 heavy (non-hydrogen) atoms. The number of nitrogens with one attached hydrogen (secondary N) is 1. The summed E-state index contributed by atoms with van der Waals surface area (Å²) in [5, 5.41) is 23.0. The highest BCUT2D eigenvalue weighted by atomic mass is 35.5. The number of piperidine rings is 1. The van der Waals surface area contributed by atoms with Gasteiger partial charge in [0.2, 0.25) is 5.91 Å². The molecular weight excluding hydrogens is 420 g/mol. The van der Waals surface area contributed by atoms with Gasteiger partial charge in [-0.1, -0.05) is 17.7 Å². The third kappa shape index (κ3) is 4.65. The van der Waals surface area contributed by atoms with Gasteiger partial charge in [0, 0.05) is 12.2 Å². The molecule has 1 atom stereocenters. The van der Waals surface area contributed by atoms with E-state index in [0.29, 0.717) is 41.3 Å². The average Bonchev–Trinajstić information content (AvgIpc) is 2.80. The van der Waals surface area contributed by atoms with Crippen molar-refractivity contribution in [2.75, 3.05) is 25.1 Å². The molecule has 3 N–H and O–H groups in total. The highest BCUT2D eigenvalue weighted by Gasteiger charge is 2.27. The van der Waals surface area contributed by atoms with Gasteiger partial charge in [-0.2, -0.15) is 0 Å². The predicted octanol–water partition coefficient (Wildman–Crippen LogP) is 3.48. The van der Waals surface area contributed by atoms with Gasteiger partial charge >= 0.3 is 0 Å². The van der Waals surface area contributed by atoms with Gasteiger partial charge < -0.3 is 25.2 Å². The fourth-order valence-corrected chi connectivity index (χ4v) is 3.97. The molecule has 1 aliphatic heterocycles. The minimum Gasteiger partial charge on any atom is -0.506 e. The van der Waals surface area contributed by atoms with Gasteiger partial charge in [0.05, 0.1) is 22.0 Å². The predicted molar refractivity (Wildman–Crippen MR) is 118 cm³/mol. The van der Waals surface area contributed by atoms with E-state index in [1.165, 1.54) is 12.4 Å². The maximum absolute atomic E-state index is 12.1. The molecule has 2 aromatic carbocycles. The molecule has 162 valence electrons. The van der Waals surface area contributed by atoms with Crippen molar-refractivity contribution < 1.29 is 19.7 Å². The monoisotopic (exact) mass is 442 g/mol. The number of phenols is 1. The van der Waals surface area contributed by atoms with E-state index in [4.69, 9.17) is 16.3 Å². The van der Waals surface area contributed by atoms with Gasteiger partial charge in [0.15, 0.2) is 0 Å². The van der Waals surface area contributed by atoms with E-state index in [1.807, 2.05) is 18.2 Å². The Labute approximate surface area is 184 Å². The number of halogens is 1. The minimum atomic E-state index is -0.498. The lowest BCUT2D eigenvalue weighted by molar-refractivity contribution is -0.138. The maximum Gasteiger partial charge on any atom is 0.248 e. The number of aliphatic hydroxyl groups excluding tert-OH is 1. The number of nitrogens with zero attached hydrogens (tertiary/aromatic N) is 3. The minimum absolute atomic E-state index is 0.00162. The molecule has 3 aromatic rings. The highest BCUT2D eigenvalue weighted by Crippen LogP contribution is 2.34. The van der Waals surface area contributed by atoms with Crippen molar-refractivity contribution in [1.29, 1.82) is 0 Å². The molecule has 0 bridgehead atoms. The summed E-state index contributed by atoms with van der Waals surface area (Å²) in [6, 6.07) is 10.3. The number of aliphatic hydroxyl groups is 1. The number of amides is 1. The molecule has 9 heteroatoms. The van der Waals surface area contributed by atoms with Crippen molar-refractivity contribution in [3.8, 4) is 11.5 Å². The molecule has 0 saturated carbocycles. The number of phenolic OH excluding ortho intramolecular Hbond substituents is 1. The van der Waals surface area contributed by atoms with Crippen molar-refractivity contribution in [2.24, 2.45) is 0 Å². The number of hydrogen-bond donors (Lipinski definition) is 3. The zero-order valence-electron chi connectivity index (χ0n) is 16.8. The lowest BCUT2D eigenvalue weighted by Gasteiger charge is -2.35. The summed E-state index contributed by atoms with van der Waals surface area (Å²) in [5.74, 6) is 0.848. The number of ether oxygens (including phenoxy) is 1. The summed E-state index contributed by atoms with van der Waals surface area (Å²) in [4.78, 5) is 22.5. The average molecular weight is 443 g/mol. The number of benzene rings is 2. The molecule has 1 aromatic heterocycles. The summed E-state index contributed by atoms with van der Waals surface area (Å²) < 4.78 is 6.14. The van der Waals surface area contributed by atoms with Crippen LogP contribution in [0.1, 0.15) is 19.3 Å². The van der Waals surface area contributed by atoms with Crippen molar-refractivity contribution in [1.82, 2.24) is 14.9 Å². The van der Waals surface area contributed by atoms with Crippen LogP contribution in [-0.4, -0.2) is 56.8 Å². The molecule has 4 rings (SSSR count). The molecule has 8 nitrogen and oxygen atoms in total. The maximum atomic E-state index is 12.1. The first-order valence-electron chi connectivity index (χ1n) is 10.1. The van der Waals surface area contributed by atoms with Crippen LogP contribution in [0, 0.1) is 0 Å². The molecule has 1 saturated heterocycles. The van der Waals surface area contributed by atoms with Crippen LogP contribution in [0.25, 0.3) is 10.9 Å². The molecule has 1 amide bonds. The summed E-state index contributed by atoms with van der Waals surface area (Å²) in [7, 11) is 0. The molecule has 2 heterocycles. The third-order valence-corrected chi connectivity index (χ3v) is 5.65. The van der Waals surface area contributed by atoms with Crippen LogP contribution in [0.5, 0.6) is 11.5 Å². The Hall–Kier alpha value is -3.10. The van der Waals surface area contributed by atoms with E-state index in [0.717, 1.165) is 19.3 Å². The first-order valence-corrected chi connectivity index (χ1v) is 10.5. The van der Waals surface area contributed by atoms with E-state index in [9.17, 15) is 15.0 Å². The number of carbonyl (C=O) groups is 1. The number of hydrogen-bond acceptors (Lipinski definition) is 7. The van der Waals surface area contributed by atoms with E-state index in [-0.39, 0.29) is 22.7 Å². The zero-order chi connectivity index (χ0) is 21.8. The van der Waals surface area contributed by atoms with E-state index >= 15 is 0 Å². The molecule has 0 unspecified atom stereocenters. The Morgan fingerprint density at radius 3 is 2.94 bits per heavy atom. The molecule has 0 spiro atoms. The largest absolute Gasteiger partial charge is 0.506 e. The number of aromatic hydroxyl groups is 1. The first kappa shape index (κ1) is 21.1. The Bertz CT molecular complexity index is 1090. The number of fused-ring (bicyclic) bond motifs is 1. The first-order chi connectivity index (χ1) is 15.1. The summed E-state index contributed by atoms with van der Waals surface area (Å²) in [5.41, 5.74) is 1.36. The molecule has 1 fully saturated rings. The molecule has 0 radical (unpaired) electrons. The Kier molecular flexibility index (Phi) is 6.39. The highest BCUT2D eigenvalue weighted by molar-refractivity contribution is 6.32. The topological polar surface area (TPSA) is 108 Å². The molecular formula is C22H23ClN4O4. The standard InChI is InChI=1S/C22H23ClN4O4/c23-16-10-14(7-8-18(16)29)26-22-21-17(24-13-25-22)5-3-6-19(21)31-12-15-4-1-2-9-27(15)20(30)11-28/h3,5-8,10,13,15,28-29H,1-2,4,9,11-12H2,(H,24,25,26)/t15-/m0/s1.